The van der Waals surface area contributed by atoms with E-state index in [4.69, 9.17) is 9.47 Å². The minimum atomic E-state index is 0.441. The lowest BCUT2D eigenvalue weighted by atomic mass is 10.1. The Morgan fingerprint density at radius 1 is 1.22 bits per heavy atom. The summed E-state index contributed by atoms with van der Waals surface area (Å²) < 4.78 is 10.7. The third-order valence-corrected chi connectivity index (χ3v) is 3.03. The molecule has 1 aromatic rings. The van der Waals surface area contributed by atoms with E-state index in [9.17, 15) is 0 Å². The normalized spacial score (nSPS) is 16.9. The van der Waals surface area contributed by atoms with Crippen molar-refractivity contribution >= 4 is 0 Å². The lowest BCUT2D eigenvalue weighted by molar-refractivity contribution is -0.130. The summed E-state index contributed by atoms with van der Waals surface area (Å²) in [6.45, 7) is 8.69. The Balaban J connectivity index is 1.88. The predicted molar refractivity (Wildman–Crippen MR) is 72.2 cm³/mol. The van der Waals surface area contributed by atoms with E-state index in [0.29, 0.717) is 12.7 Å². The van der Waals surface area contributed by atoms with Crippen molar-refractivity contribution in [3.63, 3.8) is 0 Å². The second-order valence-corrected chi connectivity index (χ2v) is 4.69. The van der Waals surface area contributed by atoms with Gasteiger partial charge in [-0.3, -0.25) is 4.90 Å². The summed E-state index contributed by atoms with van der Waals surface area (Å²) in [6, 6.07) is 10.5. The first kappa shape index (κ1) is 13.3. The van der Waals surface area contributed by atoms with Gasteiger partial charge in [-0.15, -0.1) is 6.58 Å². The van der Waals surface area contributed by atoms with Crippen LogP contribution in [0.5, 0.6) is 0 Å². The van der Waals surface area contributed by atoms with Crippen molar-refractivity contribution < 1.29 is 9.47 Å². The highest BCUT2D eigenvalue weighted by molar-refractivity contribution is 5.14. The molecular weight excluding hydrogens is 226 g/mol. The maximum absolute atomic E-state index is 5.34. The van der Waals surface area contributed by atoms with Gasteiger partial charge in [0.05, 0.1) is 13.2 Å². The molecule has 0 unspecified atom stereocenters. The van der Waals surface area contributed by atoms with Crippen molar-refractivity contribution in [1.29, 1.82) is 0 Å². The van der Waals surface area contributed by atoms with Crippen molar-refractivity contribution in [3.8, 4) is 0 Å². The summed E-state index contributed by atoms with van der Waals surface area (Å²) >= 11 is 0. The molecular formula is C15H21NO2. The van der Waals surface area contributed by atoms with Crippen molar-refractivity contribution in [2.45, 2.75) is 6.54 Å². The Labute approximate surface area is 109 Å². The number of ether oxygens (including phenoxy) is 2. The van der Waals surface area contributed by atoms with Gasteiger partial charge in [-0.05, 0) is 5.56 Å². The number of benzene rings is 1. The van der Waals surface area contributed by atoms with Gasteiger partial charge >= 0.3 is 0 Å². The highest BCUT2D eigenvalue weighted by Crippen LogP contribution is 2.11. The van der Waals surface area contributed by atoms with Gasteiger partial charge < -0.3 is 9.47 Å². The van der Waals surface area contributed by atoms with Crippen molar-refractivity contribution in [2.75, 3.05) is 33.1 Å². The smallest absolute Gasteiger partial charge is 0.146 e. The molecule has 3 nitrogen and oxygen atoms in total. The van der Waals surface area contributed by atoms with Crippen molar-refractivity contribution in [1.82, 2.24) is 4.90 Å². The van der Waals surface area contributed by atoms with E-state index in [2.05, 4.69) is 35.7 Å². The monoisotopic (exact) mass is 247 g/mol. The summed E-state index contributed by atoms with van der Waals surface area (Å²) in [5, 5.41) is 0. The van der Waals surface area contributed by atoms with Gasteiger partial charge in [0.15, 0.2) is 0 Å². The van der Waals surface area contributed by atoms with Crippen molar-refractivity contribution in [2.24, 2.45) is 5.92 Å². The van der Waals surface area contributed by atoms with Crippen LogP contribution in [-0.4, -0.2) is 38.0 Å². The molecule has 1 aliphatic heterocycles. The zero-order valence-corrected chi connectivity index (χ0v) is 10.8. The van der Waals surface area contributed by atoms with Crippen LogP contribution in [0.15, 0.2) is 43.0 Å². The summed E-state index contributed by atoms with van der Waals surface area (Å²) in [6.07, 6.45) is 1.95. The Morgan fingerprint density at radius 3 is 2.61 bits per heavy atom. The molecule has 0 aromatic heterocycles. The van der Waals surface area contributed by atoms with Crippen LogP contribution in [0.2, 0.25) is 0 Å². The average molecular weight is 247 g/mol. The molecule has 1 heterocycles. The van der Waals surface area contributed by atoms with E-state index in [1.165, 1.54) is 5.56 Å². The van der Waals surface area contributed by atoms with Gasteiger partial charge in [0.2, 0.25) is 0 Å². The Kier molecular flexibility index (Phi) is 5.39. The molecule has 0 N–H and O–H groups in total. The molecule has 2 rings (SSSR count). The highest BCUT2D eigenvalue weighted by atomic mass is 16.7. The molecule has 0 radical (unpaired) electrons. The molecule has 0 atom stereocenters. The first-order valence-corrected chi connectivity index (χ1v) is 6.41. The second-order valence-electron chi connectivity index (χ2n) is 4.69. The Hall–Kier alpha value is -1.16. The van der Waals surface area contributed by atoms with Crippen LogP contribution in [0, 0.1) is 5.92 Å². The van der Waals surface area contributed by atoms with Crippen LogP contribution >= 0.6 is 0 Å². The predicted octanol–water partition coefficient (Wildman–Crippen LogP) is 2.30. The van der Waals surface area contributed by atoms with E-state index in [1.807, 2.05) is 12.1 Å². The van der Waals surface area contributed by atoms with Crippen LogP contribution in [0.1, 0.15) is 5.56 Å². The van der Waals surface area contributed by atoms with Crippen LogP contribution in [-0.2, 0) is 16.0 Å². The van der Waals surface area contributed by atoms with Gasteiger partial charge in [0.25, 0.3) is 0 Å². The summed E-state index contributed by atoms with van der Waals surface area (Å²) in [7, 11) is 0. The minimum absolute atomic E-state index is 0.441. The largest absolute Gasteiger partial charge is 0.355 e. The standard InChI is InChI=1S/C15H21NO2/c1-2-8-16(9-14-6-4-3-5-7-14)10-15-11-17-13-18-12-15/h2-7,15H,1,8-13H2. The molecule has 18 heavy (non-hydrogen) atoms. The second kappa shape index (κ2) is 7.31. The van der Waals surface area contributed by atoms with E-state index < -0.39 is 0 Å². The topological polar surface area (TPSA) is 21.7 Å². The quantitative estimate of drug-likeness (QED) is 0.720. The molecule has 0 saturated carbocycles. The molecule has 0 bridgehead atoms. The summed E-state index contributed by atoms with van der Waals surface area (Å²) in [4.78, 5) is 2.38. The third kappa shape index (κ3) is 4.26. The van der Waals surface area contributed by atoms with Gasteiger partial charge in [-0.25, -0.2) is 0 Å². The highest BCUT2D eigenvalue weighted by Gasteiger charge is 2.17. The molecule has 1 fully saturated rings. The van der Waals surface area contributed by atoms with Gasteiger partial charge in [-0.2, -0.15) is 0 Å². The summed E-state index contributed by atoms with van der Waals surface area (Å²) in [5.41, 5.74) is 1.33. The van der Waals surface area contributed by atoms with E-state index >= 15 is 0 Å². The van der Waals surface area contributed by atoms with Crippen LogP contribution < -0.4 is 0 Å². The maximum atomic E-state index is 5.34. The van der Waals surface area contributed by atoms with Gasteiger partial charge in [-0.1, -0.05) is 36.4 Å². The number of nitrogens with zero attached hydrogens (tertiary/aromatic N) is 1. The molecule has 3 heteroatoms. The molecule has 0 spiro atoms. The minimum Gasteiger partial charge on any atom is -0.355 e. The fourth-order valence-corrected chi connectivity index (χ4v) is 2.23. The molecule has 1 saturated heterocycles. The molecule has 0 amide bonds. The molecule has 1 aliphatic rings. The number of hydrogen-bond donors (Lipinski definition) is 0. The molecule has 0 aliphatic carbocycles. The van der Waals surface area contributed by atoms with E-state index in [1.54, 1.807) is 0 Å². The van der Waals surface area contributed by atoms with E-state index in [-0.39, 0.29) is 0 Å². The number of hydrogen-bond acceptors (Lipinski definition) is 3. The fraction of sp³-hybridized carbons (Fsp3) is 0.467. The van der Waals surface area contributed by atoms with E-state index in [0.717, 1.165) is 32.8 Å². The fourth-order valence-electron chi connectivity index (χ4n) is 2.23. The first-order chi connectivity index (χ1) is 8.88. The average Bonchev–Trinajstić information content (AvgIpc) is 2.41. The lowest BCUT2D eigenvalue weighted by Crippen LogP contribution is -2.36. The third-order valence-electron chi connectivity index (χ3n) is 3.03. The van der Waals surface area contributed by atoms with Gasteiger partial charge in [0, 0.05) is 25.6 Å². The van der Waals surface area contributed by atoms with Crippen molar-refractivity contribution in [3.05, 3.63) is 48.6 Å². The first-order valence-electron chi connectivity index (χ1n) is 6.41. The SMILES string of the molecule is C=CCN(Cc1ccccc1)CC1COCOC1. The van der Waals surface area contributed by atoms with Crippen LogP contribution in [0.3, 0.4) is 0 Å². The zero-order chi connectivity index (χ0) is 12.6. The van der Waals surface area contributed by atoms with Gasteiger partial charge in [0.1, 0.15) is 6.79 Å². The molecule has 1 aromatic carbocycles. The Bertz CT molecular complexity index is 347. The lowest BCUT2D eigenvalue weighted by Gasteiger charge is -2.29. The van der Waals surface area contributed by atoms with Crippen LogP contribution in [0.25, 0.3) is 0 Å². The number of rotatable bonds is 6. The summed E-state index contributed by atoms with van der Waals surface area (Å²) in [5.74, 6) is 0.461. The Morgan fingerprint density at radius 2 is 1.94 bits per heavy atom. The zero-order valence-electron chi connectivity index (χ0n) is 10.8. The van der Waals surface area contributed by atoms with Crippen LogP contribution in [0.4, 0.5) is 0 Å². The maximum Gasteiger partial charge on any atom is 0.146 e. The molecule has 98 valence electrons.